The minimum atomic E-state index is -4.46. The van der Waals surface area contributed by atoms with Gasteiger partial charge in [0, 0.05) is 13.2 Å². The first-order chi connectivity index (χ1) is 24.3. The summed E-state index contributed by atoms with van der Waals surface area (Å²) in [5.74, 6) is 0. The number of ether oxygens (including phenoxy) is 2. The van der Waals surface area contributed by atoms with Crippen LogP contribution >= 0.6 is 7.82 Å². The second kappa shape index (κ2) is 37.3. The Morgan fingerprint density at radius 3 is 1.30 bits per heavy atom. The lowest BCUT2D eigenvalue weighted by Gasteiger charge is -2.31. The topological polar surface area (TPSA) is 97.3 Å². The van der Waals surface area contributed by atoms with E-state index in [0.29, 0.717) is 37.4 Å². The standard InChI is InChI=1S/C41H86NO7P/c1-5-7-9-11-13-15-17-19-21-23-25-27-29-31-36-46-39-41(40-49-50(44,45)48-38-34-42(3,4)33-35-43)47-37-32-30-28-26-24-22-20-18-16-14-12-10-8-6-2/h41,43H,5-40H2,1-4H3/t41-/m0/s1. The molecule has 0 saturated carbocycles. The van der Waals surface area contributed by atoms with Gasteiger partial charge in [-0.25, -0.2) is 0 Å². The van der Waals surface area contributed by atoms with Crippen molar-refractivity contribution in [2.45, 2.75) is 200 Å². The molecule has 0 aromatic rings. The van der Waals surface area contributed by atoms with Crippen LogP contribution in [0.5, 0.6) is 0 Å². The third kappa shape index (κ3) is 37.7. The first-order valence-corrected chi connectivity index (χ1v) is 22.9. The Kier molecular flexibility index (Phi) is 37.2. The molecular formula is C41H86NO7P. The molecule has 0 rings (SSSR count). The van der Waals surface area contributed by atoms with Crippen LogP contribution in [0.2, 0.25) is 0 Å². The van der Waals surface area contributed by atoms with Crippen molar-refractivity contribution < 1.29 is 37.6 Å². The zero-order chi connectivity index (χ0) is 36.9. The van der Waals surface area contributed by atoms with E-state index in [2.05, 4.69) is 13.8 Å². The summed E-state index contributed by atoms with van der Waals surface area (Å²) in [7, 11) is -0.614. The zero-order valence-corrected chi connectivity index (χ0v) is 34.7. The zero-order valence-electron chi connectivity index (χ0n) is 33.8. The van der Waals surface area contributed by atoms with Crippen LogP contribution in [-0.2, 0) is 23.1 Å². The van der Waals surface area contributed by atoms with Gasteiger partial charge in [-0.3, -0.25) is 4.57 Å². The Balaban J connectivity index is 4.19. The van der Waals surface area contributed by atoms with Crippen molar-refractivity contribution in [3.05, 3.63) is 0 Å². The van der Waals surface area contributed by atoms with Crippen molar-refractivity contribution in [3.8, 4) is 0 Å². The van der Waals surface area contributed by atoms with Gasteiger partial charge in [-0.2, -0.15) is 0 Å². The Hall–Kier alpha value is -0.0500. The van der Waals surface area contributed by atoms with E-state index in [-0.39, 0.29) is 19.8 Å². The molecule has 0 spiro atoms. The van der Waals surface area contributed by atoms with Gasteiger partial charge in [0.15, 0.2) is 0 Å². The summed E-state index contributed by atoms with van der Waals surface area (Å²) in [5, 5.41) is 9.20. The minimum absolute atomic E-state index is 0.00791. The summed E-state index contributed by atoms with van der Waals surface area (Å²) in [5.41, 5.74) is 0. The SMILES string of the molecule is CCCCCCCCCCCCCCCCOC[C@@H](COP(=O)([O-])OCC[N+](C)(C)CCO)OCCCCCCCCCCCCCCCC. The molecule has 0 aromatic carbocycles. The molecule has 0 saturated heterocycles. The number of nitrogens with zero attached hydrogens (tertiary/aromatic N) is 1. The van der Waals surface area contributed by atoms with Crippen LogP contribution in [0, 0.1) is 0 Å². The van der Waals surface area contributed by atoms with Gasteiger partial charge in [0.2, 0.25) is 0 Å². The number of phosphoric ester groups is 1. The average molecular weight is 736 g/mol. The van der Waals surface area contributed by atoms with Gasteiger partial charge in [0.25, 0.3) is 7.82 Å². The van der Waals surface area contributed by atoms with Gasteiger partial charge < -0.3 is 33.0 Å². The quantitative estimate of drug-likeness (QED) is 0.0379. The van der Waals surface area contributed by atoms with Crippen molar-refractivity contribution in [2.75, 3.05) is 66.8 Å². The monoisotopic (exact) mass is 736 g/mol. The Bertz CT molecular complexity index is 727. The van der Waals surface area contributed by atoms with E-state index >= 15 is 0 Å². The maximum absolute atomic E-state index is 12.4. The van der Waals surface area contributed by atoms with Gasteiger partial charge in [-0.05, 0) is 12.8 Å². The third-order valence-corrected chi connectivity index (χ3v) is 10.8. The highest BCUT2D eigenvalue weighted by Crippen LogP contribution is 2.38. The van der Waals surface area contributed by atoms with Crippen molar-refractivity contribution in [1.82, 2.24) is 0 Å². The van der Waals surface area contributed by atoms with Crippen LogP contribution in [-0.4, -0.2) is 82.5 Å². The number of phosphoric acid groups is 1. The molecular weight excluding hydrogens is 649 g/mol. The van der Waals surface area contributed by atoms with Crippen molar-refractivity contribution in [1.29, 1.82) is 0 Å². The fraction of sp³-hybridized carbons (Fsp3) is 1.00. The fourth-order valence-electron chi connectivity index (χ4n) is 6.30. The third-order valence-electron chi connectivity index (χ3n) is 9.87. The van der Waals surface area contributed by atoms with E-state index < -0.39 is 13.9 Å². The Morgan fingerprint density at radius 1 is 0.520 bits per heavy atom. The molecule has 0 aliphatic heterocycles. The highest BCUT2D eigenvalue weighted by atomic mass is 31.2. The molecule has 1 N–H and O–H groups in total. The van der Waals surface area contributed by atoms with Crippen LogP contribution in [0.3, 0.4) is 0 Å². The van der Waals surface area contributed by atoms with Crippen LogP contribution in [0.15, 0.2) is 0 Å². The van der Waals surface area contributed by atoms with Gasteiger partial charge >= 0.3 is 0 Å². The minimum Gasteiger partial charge on any atom is -0.756 e. The van der Waals surface area contributed by atoms with Gasteiger partial charge in [0.05, 0.1) is 33.9 Å². The highest BCUT2D eigenvalue weighted by Gasteiger charge is 2.19. The van der Waals surface area contributed by atoms with E-state index in [0.717, 1.165) is 25.7 Å². The number of unbranched alkanes of at least 4 members (excludes halogenated alkanes) is 26. The molecule has 0 aliphatic rings. The molecule has 302 valence electrons. The van der Waals surface area contributed by atoms with Gasteiger partial charge in [-0.15, -0.1) is 0 Å². The van der Waals surface area contributed by atoms with Crippen molar-refractivity contribution in [3.63, 3.8) is 0 Å². The average Bonchev–Trinajstić information content (AvgIpc) is 3.08. The molecule has 0 radical (unpaired) electrons. The molecule has 0 fully saturated rings. The summed E-state index contributed by atoms with van der Waals surface area (Å²) in [4.78, 5) is 12.4. The summed E-state index contributed by atoms with van der Waals surface area (Å²) < 4.78 is 35.3. The number of rotatable bonds is 42. The normalized spacial score (nSPS) is 14.0. The number of aliphatic hydroxyl groups excluding tert-OH is 1. The van der Waals surface area contributed by atoms with Crippen molar-refractivity contribution >= 4 is 7.82 Å². The Labute approximate surface area is 311 Å². The Morgan fingerprint density at radius 2 is 0.900 bits per heavy atom. The molecule has 0 amide bonds. The fourth-order valence-corrected chi connectivity index (χ4v) is 7.03. The molecule has 0 heterocycles. The van der Waals surface area contributed by atoms with E-state index in [1.807, 2.05) is 14.1 Å². The summed E-state index contributed by atoms with van der Waals surface area (Å²) in [6.07, 6.45) is 36.3. The molecule has 8 nitrogen and oxygen atoms in total. The number of likely N-dealkylation sites (N-methyl/N-ethyl adjacent to an activating group) is 1. The van der Waals surface area contributed by atoms with Gasteiger partial charge in [0.1, 0.15) is 25.8 Å². The van der Waals surface area contributed by atoms with Crippen LogP contribution in [0.25, 0.3) is 0 Å². The second-order valence-corrected chi connectivity index (χ2v) is 16.9. The number of hydrogen-bond acceptors (Lipinski definition) is 7. The number of hydrogen-bond donors (Lipinski definition) is 1. The lowest BCUT2D eigenvalue weighted by Crippen LogP contribution is -2.44. The molecule has 9 heteroatoms. The maximum Gasteiger partial charge on any atom is 0.268 e. The first kappa shape index (κ1) is 49.9. The van der Waals surface area contributed by atoms with E-state index in [4.69, 9.17) is 18.5 Å². The van der Waals surface area contributed by atoms with Crippen LogP contribution in [0.1, 0.15) is 194 Å². The first-order valence-electron chi connectivity index (χ1n) is 21.5. The lowest BCUT2D eigenvalue weighted by atomic mass is 10.0. The van der Waals surface area contributed by atoms with E-state index in [1.54, 1.807) is 0 Å². The molecule has 0 aromatic heterocycles. The summed E-state index contributed by atoms with van der Waals surface area (Å²) >= 11 is 0. The number of aliphatic hydroxyl groups is 1. The number of quaternary nitrogens is 1. The largest absolute Gasteiger partial charge is 0.756 e. The molecule has 2 atom stereocenters. The summed E-state index contributed by atoms with van der Waals surface area (Å²) in [6.45, 7) is 7.02. The molecule has 0 bridgehead atoms. The smallest absolute Gasteiger partial charge is 0.268 e. The van der Waals surface area contributed by atoms with Crippen molar-refractivity contribution in [2.24, 2.45) is 0 Å². The lowest BCUT2D eigenvalue weighted by molar-refractivity contribution is -0.890. The predicted octanol–water partition coefficient (Wildman–Crippen LogP) is 10.9. The molecule has 0 aliphatic carbocycles. The maximum atomic E-state index is 12.4. The summed E-state index contributed by atoms with van der Waals surface area (Å²) in [6, 6.07) is 0. The van der Waals surface area contributed by atoms with Crippen LogP contribution in [0.4, 0.5) is 0 Å². The van der Waals surface area contributed by atoms with Gasteiger partial charge in [-0.1, -0.05) is 181 Å². The van der Waals surface area contributed by atoms with Crippen LogP contribution < -0.4 is 4.89 Å². The van der Waals surface area contributed by atoms with E-state index in [1.165, 1.54) is 154 Å². The molecule has 1 unspecified atom stereocenters. The van der Waals surface area contributed by atoms with E-state index in [9.17, 15) is 14.6 Å². The highest BCUT2D eigenvalue weighted by molar-refractivity contribution is 7.45. The second-order valence-electron chi connectivity index (χ2n) is 15.4. The molecule has 50 heavy (non-hydrogen) atoms. The predicted molar refractivity (Wildman–Crippen MR) is 210 cm³/mol.